The van der Waals surface area contributed by atoms with E-state index in [9.17, 15) is 9.59 Å². The molecule has 0 atom stereocenters. The highest BCUT2D eigenvalue weighted by Crippen LogP contribution is 2.37. The van der Waals surface area contributed by atoms with E-state index in [1.807, 2.05) is 68.6 Å². The Morgan fingerprint density at radius 1 is 0.971 bits per heavy atom. The first-order valence-corrected chi connectivity index (χ1v) is 12.3. The molecule has 0 fully saturated rings. The normalized spacial score (nSPS) is 10.6. The largest absolute Gasteiger partial charge is 0.494 e. The molecule has 0 saturated carbocycles. The van der Waals surface area contributed by atoms with Crippen molar-refractivity contribution >= 4 is 28.2 Å². The van der Waals surface area contributed by atoms with Gasteiger partial charge in [0.15, 0.2) is 0 Å². The van der Waals surface area contributed by atoms with Crippen LogP contribution in [0.4, 0.5) is 5.00 Å². The number of thiophene rings is 1. The molecule has 1 aromatic heterocycles. The molecule has 1 amide bonds. The van der Waals surface area contributed by atoms with E-state index < -0.39 is 5.97 Å². The Kier molecular flexibility index (Phi) is 9.10. The molecule has 2 aromatic carbocycles. The van der Waals surface area contributed by atoms with E-state index in [1.165, 1.54) is 16.9 Å². The molecule has 0 aliphatic carbocycles. The molecule has 0 spiro atoms. The van der Waals surface area contributed by atoms with Crippen molar-refractivity contribution in [1.29, 1.82) is 0 Å². The lowest BCUT2D eigenvalue weighted by molar-refractivity contribution is -0.116. The Balaban J connectivity index is 1.66. The second-order valence-corrected chi connectivity index (χ2v) is 8.61. The van der Waals surface area contributed by atoms with Crippen LogP contribution in [0.1, 0.15) is 48.2 Å². The number of esters is 1. The van der Waals surface area contributed by atoms with Crippen molar-refractivity contribution in [3.05, 3.63) is 64.5 Å². The Labute approximate surface area is 204 Å². The van der Waals surface area contributed by atoms with Crippen LogP contribution in [0.5, 0.6) is 11.5 Å². The van der Waals surface area contributed by atoms with E-state index in [0.717, 1.165) is 28.2 Å². The van der Waals surface area contributed by atoms with Gasteiger partial charge in [0.1, 0.15) is 22.1 Å². The Morgan fingerprint density at radius 2 is 1.74 bits per heavy atom. The lowest BCUT2D eigenvalue weighted by Crippen LogP contribution is -2.15. The lowest BCUT2D eigenvalue weighted by atomic mass is 10.0. The van der Waals surface area contributed by atoms with Gasteiger partial charge in [0, 0.05) is 17.4 Å². The zero-order chi connectivity index (χ0) is 24.5. The van der Waals surface area contributed by atoms with Gasteiger partial charge in [-0.25, -0.2) is 4.79 Å². The summed E-state index contributed by atoms with van der Waals surface area (Å²) in [5, 5.41) is 5.24. The predicted octanol–water partition coefficient (Wildman–Crippen LogP) is 6.41. The Bertz CT molecular complexity index is 1120. The number of benzene rings is 2. The molecule has 0 radical (unpaired) electrons. The van der Waals surface area contributed by atoms with Crippen LogP contribution in [0.15, 0.2) is 47.8 Å². The minimum Gasteiger partial charge on any atom is -0.494 e. The number of ether oxygens (including phenoxy) is 3. The molecule has 180 valence electrons. The molecular formula is C27H31NO5S. The van der Waals surface area contributed by atoms with Crippen molar-refractivity contribution < 1.29 is 23.8 Å². The van der Waals surface area contributed by atoms with E-state index in [4.69, 9.17) is 14.2 Å². The minimum absolute atomic E-state index is 0.171. The second kappa shape index (κ2) is 12.2. The fourth-order valence-electron chi connectivity index (χ4n) is 3.45. The van der Waals surface area contributed by atoms with Gasteiger partial charge in [-0.2, -0.15) is 0 Å². The highest BCUT2D eigenvalue weighted by molar-refractivity contribution is 7.15. The summed E-state index contributed by atoms with van der Waals surface area (Å²) >= 11 is 1.31. The van der Waals surface area contributed by atoms with Gasteiger partial charge in [-0.05, 0) is 69.0 Å². The number of hydrogen-bond donors (Lipinski definition) is 1. The van der Waals surface area contributed by atoms with E-state index in [0.29, 0.717) is 30.2 Å². The average molecular weight is 482 g/mol. The number of nitrogens with one attached hydrogen (secondary N) is 1. The van der Waals surface area contributed by atoms with Crippen molar-refractivity contribution in [2.75, 3.05) is 25.1 Å². The number of hydrogen-bond acceptors (Lipinski definition) is 6. The first-order valence-electron chi connectivity index (χ1n) is 11.4. The average Bonchev–Trinajstić information content (AvgIpc) is 3.23. The molecule has 0 aliphatic rings. The van der Waals surface area contributed by atoms with E-state index in [1.54, 1.807) is 6.92 Å². The molecule has 0 saturated heterocycles. The van der Waals surface area contributed by atoms with Gasteiger partial charge in [0.25, 0.3) is 0 Å². The molecule has 1 N–H and O–H groups in total. The maximum absolute atomic E-state index is 12.7. The Morgan fingerprint density at radius 3 is 2.44 bits per heavy atom. The molecule has 0 bridgehead atoms. The van der Waals surface area contributed by atoms with Crippen LogP contribution in [0.2, 0.25) is 0 Å². The number of anilines is 1. The van der Waals surface area contributed by atoms with Crippen LogP contribution in [0.25, 0.3) is 11.1 Å². The standard InChI is InChI=1S/C27H31NO5S/c1-5-31-21-14-12-20(13-15-21)22-17-34-26(25(22)27(30)32-6-2)28-24(29)11-8-16-33-23-10-7-9-18(3)19(23)4/h7,9-10,12-15,17H,5-6,8,11,16H2,1-4H3,(H,28,29). The maximum atomic E-state index is 12.7. The first kappa shape index (κ1) is 25.3. The highest BCUT2D eigenvalue weighted by Gasteiger charge is 2.22. The summed E-state index contributed by atoms with van der Waals surface area (Å²) in [4.78, 5) is 25.3. The van der Waals surface area contributed by atoms with Gasteiger partial charge in [-0.3, -0.25) is 4.79 Å². The van der Waals surface area contributed by atoms with Crippen molar-refractivity contribution in [1.82, 2.24) is 0 Å². The molecule has 6 nitrogen and oxygen atoms in total. The van der Waals surface area contributed by atoms with Gasteiger partial charge >= 0.3 is 5.97 Å². The summed E-state index contributed by atoms with van der Waals surface area (Å²) in [5.74, 6) is 0.968. The number of aryl methyl sites for hydroxylation is 1. The van der Waals surface area contributed by atoms with Crippen molar-refractivity contribution in [3.8, 4) is 22.6 Å². The highest BCUT2D eigenvalue weighted by atomic mass is 32.1. The van der Waals surface area contributed by atoms with Crippen LogP contribution in [-0.4, -0.2) is 31.7 Å². The zero-order valence-corrected chi connectivity index (χ0v) is 20.9. The fourth-order valence-corrected chi connectivity index (χ4v) is 4.42. The second-order valence-electron chi connectivity index (χ2n) is 7.73. The van der Waals surface area contributed by atoms with Crippen LogP contribution in [0.3, 0.4) is 0 Å². The maximum Gasteiger partial charge on any atom is 0.341 e. The molecular weight excluding hydrogens is 450 g/mol. The summed E-state index contributed by atoms with van der Waals surface area (Å²) in [6, 6.07) is 13.4. The summed E-state index contributed by atoms with van der Waals surface area (Å²) in [6.07, 6.45) is 0.842. The quantitative estimate of drug-likeness (QED) is 0.253. The summed E-state index contributed by atoms with van der Waals surface area (Å²) in [7, 11) is 0. The fraction of sp³-hybridized carbons (Fsp3) is 0.333. The smallest absolute Gasteiger partial charge is 0.341 e. The number of amides is 1. The summed E-state index contributed by atoms with van der Waals surface area (Å²) in [6.45, 7) is 9.01. The molecule has 3 rings (SSSR count). The van der Waals surface area contributed by atoms with Crippen LogP contribution in [-0.2, 0) is 9.53 Å². The van der Waals surface area contributed by atoms with Crippen LogP contribution < -0.4 is 14.8 Å². The number of carbonyl (C=O) groups is 2. The third kappa shape index (κ3) is 6.38. The molecule has 7 heteroatoms. The zero-order valence-electron chi connectivity index (χ0n) is 20.1. The molecule has 1 heterocycles. The topological polar surface area (TPSA) is 73.9 Å². The van der Waals surface area contributed by atoms with Crippen molar-refractivity contribution in [3.63, 3.8) is 0 Å². The van der Waals surface area contributed by atoms with Gasteiger partial charge in [0.2, 0.25) is 5.91 Å². The molecule has 0 aliphatic heterocycles. The van der Waals surface area contributed by atoms with Crippen LogP contribution >= 0.6 is 11.3 Å². The predicted molar refractivity (Wildman–Crippen MR) is 136 cm³/mol. The first-order chi connectivity index (χ1) is 16.4. The van der Waals surface area contributed by atoms with E-state index in [2.05, 4.69) is 5.32 Å². The minimum atomic E-state index is -0.457. The van der Waals surface area contributed by atoms with Crippen molar-refractivity contribution in [2.45, 2.75) is 40.5 Å². The van der Waals surface area contributed by atoms with Crippen LogP contribution in [0, 0.1) is 13.8 Å². The van der Waals surface area contributed by atoms with E-state index >= 15 is 0 Å². The van der Waals surface area contributed by atoms with Gasteiger partial charge in [0.05, 0.1) is 19.8 Å². The third-order valence-corrected chi connectivity index (χ3v) is 6.26. The molecule has 3 aromatic rings. The molecule has 34 heavy (non-hydrogen) atoms. The molecule has 0 unspecified atom stereocenters. The lowest BCUT2D eigenvalue weighted by Gasteiger charge is -2.11. The number of rotatable bonds is 11. The summed E-state index contributed by atoms with van der Waals surface area (Å²) in [5.41, 5.74) is 4.22. The van der Waals surface area contributed by atoms with E-state index in [-0.39, 0.29) is 18.9 Å². The monoisotopic (exact) mass is 481 g/mol. The summed E-state index contributed by atoms with van der Waals surface area (Å²) < 4.78 is 16.6. The van der Waals surface area contributed by atoms with Crippen molar-refractivity contribution in [2.24, 2.45) is 0 Å². The van der Waals surface area contributed by atoms with Gasteiger partial charge < -0.3 is 19.5 Å². The number of carbonyl (C=O) groups excluding carboxylic acids is 2. The van der Waals surface area contributed by atoms with Gasteiger partial charge in [-0.15, -0.1) is 11.3 Å². The third-order valence-electron chi connectivity index (χ3n) is 5.36. The van der Waals surface area contributed by atoms with Gasteiger partial charge in [-0.1, -0.05) is 24.3 Å². The Hall–Kier alpha value is -3.32. The SMILES string of the molecule is CCOC(=O)c1c(-c2ccc(OCC)cc2)csc1NC(=O)CCCOc1cccc(C)c1C.